The molecule has 0 aromatic heterocycles. The molecular weight excluding hydrogens is 194 g/mol. The fraction of sp³-hybridized carbons (Fsp3) is 0.467. The van der Waals surface area contributed by atoms with Crippen LogP contribution in [0.5, 0.6) is 0 Å². The number of hydrogen-bond donors (Lipinski definition) is 0. The van der Waals surface area contributed by atoms with Crippen molar-refractivity contribution in [2.45, 2.75) is 32.6 Å². The fourth-order valence-electron chi connectivity index (χ4n) is 2.25. The predicted octanol–water partition coefficient (Wildman–Crippen LogP) is 3.88. The number of rotatable bonds is 3. The van der Waals surface area contributed by atoms with E-state index in [0.29, 0.717) is 5.92 Å². The second kappa shape index (κ2) is 4.73. The normalized spacial score (nSPS) is 15.8. The van der Waals surface area contributed by atoms with Crippen molar-refractivity contribution in [1.82, 2.24) is 4.90 Å². The van der Waals surface area contributed by atoms with Gasteiger partial charge >= 0.3 is 0 Å². The first kappa shape index (κ1) is 11.3. The van der Waals surface area contributed by atoms with Crippen LogP contribution in [0.4, 0.5) is 0 Å². The van der Waals surface area contributed by atoms with Crippen LogP contribution in [-0.2, 0) is 0 Å². The summed E-state index contributed by atoms with van der Waals surface area (Å²) in [4.78, 5) is 2.40. The average Bonchev–Trinajstić information content (AvgIpc) is 2.81. The molecule has 0 amide bonds. The van der Waals surface area contributed by atoms with Crippen LogP contribution in [0.25, 0.3) is 5.70 Å². The van der Waals surface area contributed by atoms with Crippen LogP contribution in [0.1, 0.15) is 43.7 Å². The second-order valence-electron chi connectivity index (χ2n) is 4.92. The summed E-state index contributed by atoms with van der Waals surface area (Å²) in [5.41, 5.74) is 3.88. The standard InChI is InChI=1S/C15H21N/c1-12(2)14-7-6-8-15(11-14)13(3)16-9-4-5-10-16/h6-8,11-12H,3-5,9-10H2,1-2H3. The third-order valence-corrected chi connectivity index (χ3v) is 3.37. The smallest absolute Gasteiger partial charge is 0.0366 e. The van der Waals surface area contributed by atoms with Crippen molar-refractivity contribution in [3.8, 4) is 0 Å². The van der Waals surface area contributed by atoms with Gasteiger partial charge in [0.2, 0.25) is 0 Å². The number of nitrogens with zero attached hydrogens (tertiary/aromatic N) is 1. The molecule has 0 saturated carbocycles. The molecular formula is C15H21N. The summed E-state index contributed by atoms with van der Waals surface area (Å²) in [6.45, 7) is 11.0. The lowest BCUT2D eigenvalue weighted by molar-refractivity contribution is 0.494. The quantitative estimate of drug-likeness (QED) is 0.739. The van der Waals surface area contributed by atoms with Gasteiger partial charge < -0.3 is 4.90 Å². The van der Waals surface area contributed by atoms with Crippen LogP contribution in [0.15, 0.2) is 30.8 Å². The van der Waals surface area contributed by atoms with Crippen molar-refractivity contribution in [3.05, 3.63) is 42.0 Å². The largest absolute Gasteiger partial charge is 0.372 e. The van der Waals surface area contributed by atoms with Crippen molar-refractivity contribution >= 4 is 5.70 Å². The van der Waals surface area contributed by atoms with Crippen LogP contribution in [-0.4, -0.2) is 18.0 Å². The zero-order valence-corrected chi connectivity index (χ0v) is 10.4. The summed E-state index contributed by atoms with van der Waals surface area (Å²) in [5.74, 6) is 0.589. The molecule has 0 spiro atoms. The van der Waals surface area contributed by atoms with E-state index in [0.717, 1.165) is 0 Å². The lowest BCUT2D eigenvalue weighted by Gasteiger charge is -2.21. The molecule has 1 nitrogen and oxygen atoms in total. The molecule has 0 unspecified atom stereocenters. The van der Waals surface area contributed by atoms with E-state index in [1.807, 2.05) is 0 Å². The van der Waals surface area contributed by atoms with E-state index in [2.05, 4.69) is 49.6 Å². The van der Waals surface area contributed by atoms with Gasteiger partial charge in [0.25, 0.3) is 0 Å². The van der Waals surface area contributed by atoms with Crippen LogP contribution >= 0.6 is 0 Å². The molecule has 1 aromatic rings. The molecule has 1 saturated heterocycles. The molecule has 86 valence electrons. The molecule has 1 fully saturated rings. The van der Waals surface area contributed by atoms with Gasteiger partial charge in [0.05, 0.1) is 0 Å². The number of benzene rings is 1. The maximum Gasteiger partial charge on any atom is 0.0366 e. The van der Waals surface area contributed by atoms with E-state index in [-0.39, 0.29) is 0 Å². The first-order valence-electron chi connectivity index (χ1n) is 6.22. The molecule has 1 heterocycles. The van der Waals surface area contributed by atoms with Gasteiger partial charge in [0, 0.05) is 18.8 Å². The molecule has 1 aromatic carbocycles. The van der Waals surface area contributed by atoms with Crippen LogP contribution in [0, 0.1) is 0 Å². The topological polar surface area (TPSA) is 3.24 Å². The highest BCUT2D eigenvalue weighted by Gasteiger charge is 2.14. The summed E-state index contributed by atoms with van der Waals surface area (Å²) >= 11 is 0. The summed E-state index contributed by atoms with van der Waals surface area (Å²) in [7, 11) is 0. The minimum atomic E-state index is 0.589. The monoisotopic (exact) mass is 215 g/mol. The van der Waals surface area contributed by atoms with Crippen LogP contribution < -0.4 is 0 Å². The third kappa shape index (κ3) is 2.29. The zero-order valence-electron chi connectivity index (χ0n) is 10.4. The lowest BCUT2D eigenvalue weighted by Crippen LogP contribution is -2.16. The molecule has 1 aliphatic heterocycles. The maximum atomic E-state index is 4.23. The Morgan fingerprint density at radius 2 is 1.94 bits per heavy atom. The minimum Gasteiger partial charge on any atom is -0.372 e. The number of hydrogen-bond acceptors (Lipinski definition) is 1. The first-order chi connectivity index (χ1) is 7.68. The van der Waals surface area contributed by atoms with Gasteiger partial charge in [0.15, 0.2) is 0 Å². The highest BCUT2D eigenvalue weighted by atomic mass is 15.1. The molecule has 0 N–H and O–H groups in total. The number of likely N-dealkylation sites (tertiary alicyclic amines) is 1. The van der Waals surface area contributed by atoms with Crippen molar-refractivity contribution in [2.24, 2.45) is 0 Å². The van der Waals surface area contributed by atoms with Crippen molar-refractivity contribution in [1.29, 1.82) is 0 Å². The summed E-state index contributed by atoms with van der Waals surface area (Å²) in [6.07, 6.45) is 2.62. The molecule has 1 heteroatoms. The molecule has 2 rings (SSSR count). The lowest BCUT2D eigenvalue weighted by atomic mass is 10.00. The molecule has 1 aliphatic rings. The third-order valence-electron chi connectivity index (χ3n) is 3.37. The fourth-order valence-corrected chi connectivity index (χ4v) is 2.25. The summed E-state index contributed by atoms with van der Waals surface area (Å²) in [5, 5.41) is 0. The van der Waals surface area contributed by atoms with Gasteiger partial charge in [-0.3, -0.25) is 0 Å². The Balaban J connectivity index is 2.19. The van der Waals surface area contributed by atoms with Crippen LogP contribution in [0.2, 0.25) is 0 Å². The summed E-state index contributed by atoms with van der Waals surface area (Å²) < 4.78 is 0. The molecule has 0 bridgehead atoms. The average molecular weight is 215 g/mol. The van der Waals surface area contributed by atoms with Crippen molar-refractivity contribution in [3.63, 3.8) is 0 Å². The predicted molar refractivity (Wildman–Crippen MR) is 70.4 cm³/mol. The Morgan fingerprint density at radius 3 is 2.56 bits per heavy atom. The highest BCUT2D eigenvalue weighted by Crippen LogP contribution is 2.24. The Labute approximate surface area is 98.8 Å². The Morgan fingerprint density at radius 1 is 1.25 bits per heavy atom. The zero-order chi connectivity index (χ0) is 11.5. The highest BCUT2D eigenvalue weighted by molar-refractivity contribution is 5.62. The van der Waals surface area contributed by atoms with E-state index >= 15 is 0 Å². The van der Waals surface area contributed by atoms with E-state index < -0.39 is 0 Å². The molecule has 0 atom stereocenters. The first-order valence-corrected chi connectivity index (χ1v) is 6.22. The minimum absolute atomic E-state index is 0.589. The van der Waals surface area contributed by atoms with E-state index in [1.165, 1.54) is 42.8 Å². The van der Waals surface area contributed by atoms with Gasteiger partial charge in [0.1, 0.15) is 0 Å². The van der Waals surface area contributed by atoms with E-state index in [9.17, 15) is 0 Å². The van der Waals surface area contributed by atoms with E-state index in [4.69, 9.17) is 0 Å². The van der Waals surface area contributed by atoms with Gasteiger partial charge in [-0.05, 0) is 36.0 Å². The Hall–Kier alpha value is -1.24. The Bertz CT molecular complexity index is 373. The molecule has 16 heavy (non-hydrogen) atoms. The van der Waals surface area contributed by atoms with Gasteiger partial charge in [-0.15, -0.1) is 0 Å². The maximum absolute atomic E-state index is 4.23. The van der Waals surface area contributed by atoms with Crippen molar-refractivity contribution < 1.29 is 0 Å². The van der Waals surface area contributed by atoms with Gasteiger partial charge in [-0.2, -0.15) is 0 Å². The molecule has 0 aliphatic carbocycles. The Kier molecular flexibility index (Phi) is 3.33. The molecule has 0 radical (unpaired) electrons. The summed E-state index contributed by atoms with van der Waals surface area (Å²) in [6, 6.07) is 8.80. The second-order valence-corrected chi connectivity index (χ2v) is 4.92. The van der Waals surface area contributed by atoms with E-state index in [1.54, 1.807) is 0 Å². The van der Waals surface area contributed by atoms with Crippen LogP contribution in [0.3, 0.4) is 0 Å². The van der Waals surface area contributed by atoms with Crippen molar-refractivity contribution in [2.75, 3.05) is 13.1 Å². The van der Waals surface area contributed by atoms with Gasteiger partial charge in [-0.1, -0.05) is 38.6 Å². The SMILES string of the molecule is C=C(c1cccc(C(C)C)c1)N1CCCC1. The van der Waals surface area contributed by atoms with Gasteiger partial charge in [-0.25, -0.2) is 0 Å².